The maximum absolute atomic E-state index is 13.1. The Labute approximate surface area is 151 Å². The van der Waals surface area contributed by atoms with E-state index in [1.54, 1.807) is 4.90 Å². The average Bonchev–Trinajstić information content (AvgIpc) is 2.92. The van der Waals surface area contributed by atoms with Crippen molar-refractivity contribution in [3.8, 4) is 0 Å². The summed E-state index contributed by atoms with van der Waals surface area (Å²) in [6.45, 7) is 3.02. The van der Waals surface area contributed by atoms with Gasteiger partial charge in [0.15, 0.2) is 0 Å². The van der Waals surface area contributed by atoms with Gasteiger partial charge in [0.05, 0.1) is 0 Å². The second-order valence-corrected chi connectivity index (χ2v) is 8.16. The Bertz CT molecular complexity index is 838. The van der Waals surface area contributed by atoms with Gasteiger partial charge in [0.25, 0.3) is 5.91 Å². The smallest absolute Gasteiger partial charge is 0.255 e. The van der Waals surface area contributed by atoms with Crippen molar-refractivity contribution in [3.05, 3.63) is 34.9 Å². The lowest BCUT2D eigenvalue weighted by Crippen LogP contribution is -2.52. The zero-order valence-electron chi connectivity index (χ0n) is 14.5. The van der Waals surface area contributed by atoms with Crippen LogP contribution in [0.3, 0.4) is 0 Å². The summed E-state index contributed by atoms with van der Waals surface area (Å²) in [4.78, 5) is 40.6. The molecule has 0 spiro atoms. The number of imide groups is 1. The number of likely N-dealkylation sites (tertiary alicyclic amines) is 1. The summed E-state index contributed by atoms with van der Waals surface area (Å²) in [5.41, 5.74) is 8.97. The molecule has 1 saturated carbocycles. The molecule has 3 heterocycles. The molecule has 26 heavy (non-hydrogen) atoms. The predicted molar refractivity (Wildman–Crippen MR) is 92.8 cm³/mol. The molecule has 3 atom stereocenters. The highest BCUT2D eigenvalue weighted by Crippen LogP contribution is 2.47. The maximum Gasteiger partial charge on any atom is 0.255 e. The van der Waals surface area contributed by atoms with Crippen LogP contribution in [0.1, 0.15) is 40.7 Å². The fraction of sp³-hybridized carbons (Fsp3) is 0.526. The molecule has 1 unspecified atom stereocenters. The molecule has 1 aliphatic carbocycles. The van der Waals surface area contributed by atoms with Crippen LogP contribution in [-0.2, 0) is 22.7 Å². The summed E-state index contributed by atoms with van der Waals surface area (Å²) in [7, 11) is 0. The van der Waals surface area contributed by atoms with Crippen LogP contribution in [0.25, 0.3) is 0 Å². The quantitative estimate of drug-likeness (QED) is 0.744. The second-order valence-electron chi connectivity index (χ2n) is 8.16. The van der Waals surface area contributed by atoms with Crippen LogP contribution in [-0.4, -0.2) is 52.2 Å². The van der Waals surface area contributed by atoms with Crippen molar-refractivity contribution in [2.24, 2.45) is 11.7 Å². The molecule has 0 aromatic heterocycles. The molecule has 3 aliphatic heterocycles. The van der Waals surface area contributed by atoms with Crippen molar-refractivity contribution in [3.63, 3.8) is 0 Å². The number of benzene rings is 1. The van der Waals surface area contributed by atoms with E-state index >= 15 is 0 Å². The first-order valence-corrected chi connectivity index (χ1v) is 9.21. The lowest BCUT2D eigenvalue weighted by atomic mass is 10.0. The van der Waals surface area contributed by atoms with Crippen LogP contribution in [0.2, 0.25) is 0 Å². The number of nitrogens with one attached hydrogen (secondary N) is 1. The van der Waals surface area contributed by atoms with Crippen molar-refractivity contribution in [1.29, 1.82) is 0 Å². The van der Waals surface area contributed by atoms with Gasteiger partial charge in [0.2, 0.25) is 11.8 Å². The van der Waals surface area contributed by atoms with Gasteiger partial charge in [0.1, 0.15) is 6.04 Å². The van der Waals surface area contributed by atoms with Gasteiger partial charge in [-0.15, -0.1) is 0 Å². The maximum atomic E-state index is 13.1. The van der Waals surface area contributed by atoms with Crippen molar-refractivity contribution in [2.45, 2.75) is 43.9 Å². The highest BCUT2D eigenvalue weighted by molar-refractivity contribution is 6.05. The summed E-state index contributed by atoms with van der Waals surface area (Å²) in [5.74, 6) is -0.139. The highest BCUT2D eigenvalue weighted by Gasteiger charge is 2.57. The Balaban J connectivity index is 1.37. The molecule has 3 N–H and O–H groups in total. The van der Waals surface area contributed by atoms with Gasteiger partial charge >= 0.3 is 0 Å². The lowest BCUT2D eigenvalue weighted by molar-refractivity contribution is -0.136. The molecule has 1 aromatic carbocycles. The highest BCUT2D eigenvalue weighted by atomic mass is 16.2. The first kappa shape index (κ1) is 16.0. The fourth-order valence-corrected chi connectivity index (χ4v) is 4.82. The summed E-state index contributed by atoms with van der Waals surface area (Å²) in [6.07, 6.45) is 1.78. The number of fused-ring (bicyclic) bond motifs is 2. The van der Waals surface area contributed by atoms with Crippen molar-refractivity contribution < 1.29 is 14.4 Å². The van der Waals surface area contributed by atoms with Gasteiger partial charge in [-0.25, -0.2) is 0 Å². The Hall–Kier alpha value is -2.25. The molecule has 1 aromatic rings. The number of hydrogen-bond donors (Lipinski definition) is 2. The summed E-state index contributed by atoms with van der Waals surface area (Å²) >= 11 is 0. The SMILES string of the molecule is N[C@]12C[C@H]1CN(Cc1cccc3c1C(=O)N(C1CCC(=O)NC1=O)C3)C2. The van der Waals surface area contributed by atoms with Crippen molar-refractivity contribution >= 4 is 17.7 Å². The minimum atomic E-state index is -0.563. The number of piperidine rings is 2. The van der Waals surface area contributed by atoms with Crippen LogP contribution in [0, 0.1) is 5.92 Å². The minimum absolute atomic E-state index is 0.0132. The van der Waals surface area contributed by atoms with E-state index in [9.17, 15) is 14.4 Å². The number of rotatable bonds is 3. The molecule has 5 rings (SSSR count). The number of nitrogens with two attached hydrogens (primary N) is 1. The Kier molecular flexibility index (Phi) is 3.30. The van der Waals surface area contributed by atoms with E-state index in [0.29, 0.717) is 25.4 Å². The van der Waals surface area contributed by atoms with Crippen molar-refractivity contribution in [1.82, 2.24) is 15.1 Å². The largest absolute Gasteiger partial charge is 0.324 e. The van der Waals surface area contributed by atoms with E-state index in [4.69, 9.17) is 5.73 Å². The van der Waals surface area contributed by atoms with Gasteiger partial charge in [-0.3, -0.25) is 24.6 Å². The van der Waals surface area contributed by atoms with E-state index in [1.165, 1.54) is 0 Å². The van der Waals surface area contributed by atoms with Gasteiger partial charge in [-0.1, -0.05) is 18.2 Å². The molecule has 0 radical (unpaired) electrons. The first-order valence-electron chi connectivity index (χ1n) is 9.21. The molecule has 7 nitrogen and oxygen atoms in total. The molecular weight excluding hydrogens is 332 g/mol. The summed E-state index contributed by atoms with van der Waals surface area (Å²) in [6, 6.07) is 5.36. The van der Waals surface area contributed by atoms with Gasteiger partial charge in [0, 0.05) is 43.7 Å². The number of amides is 3. The topological polar surface area (TPSA) is 95.7 Å². The second kappa shape index (κ2) is 5.37. The van der Waals surface area contributed by atoms with E-state index in [0.717, 1.165) is 36.2 Å². The van der Waals surface area contributed by atoms with E-state index in [-0.39, 0.29) is 29.7 Å². The number of hydrogen-bond acceptors (Lipinski definition) is 5. The van der Waals surface area contributed by atoms with Crippen LogP contribution < -0.4 is 11.1 Å². The van der Waals surface area contributed by atoms with Crippen LogP contribution in [0.15, 0.2) is 18.2 Å². The van der Waals surface area contributed by atoms with Crippen molar-refractivity contribution in [2.75, 3.05) is 13.1 Å². The third kappa shape index (κ3) is 2.38. The van der Waals surface area contributed by atoms with E-state index < -0.39 is 6.04 Å². The van der Waals surface area contributed by atoms with E-state index in [1.807, 2.05) is 18.2 Å². The molecular formula is C19H22N4O3. The normalized spacial score (nSPS) is 33.3. The third-order valence-electron chi connectivity index (χ3n) is 6.31. The Morgan fingerprint density at radius 2 is 2.12 bits per heavy atom. The van der Waals surface area contributed by atoms with E-state index in [2.05, 4.69) is 10.2 Å². The molecule has 3 amide bonds. The van der Waals surface area contributed by atoms with Crippen LogP contribution in [0.4, 0.5) is 0 Å². The van der Waals surface area contributed by atoms with Gasteiger partial charge < -0.3 is 10.6 Å². The standard InChI is InChI=1S/C19H22N4O3/c20-19-6-13(19)9-22(10-19)7-11-2-1-3-12-8-23(18(26)16(11)12)14-4-5-15(24)21-17(14)25/h1-3,13-14H,4-10,20H2,(H,21,24,25)/t13-,14?,19-/m0/s1. The number of carbonyl (C=O) groups is 3. The zero-order valence-corrected chi connectivity index (χ0v) is 14.5. The minimum Gasteiger partial charge on any atom is -0.324 e. The predicted octanol–water partition coefficient (Wildman–Crippen LogP) is -0.0194. The van der Waals surface area contributed by atoms with Crippen LogP contribution in [0.5, 0.6) is 0 Å². The monoisotopic (exact) mass is 354 g/mol. The number of carbonyl (C=O) groups excluding carboxylic acids is 3. The summed E-state index contributed by atoms with van der Waals surface area (Å²) in [5, 5.41) is 2.35. The number of nitrogens with zero attached hydrogens (tertiary/aromatic N) is 2. The van der Waals surface area contributed by atoms with Crippen LogP contribution >= 0.6 is 0 Å². The molecule has 0 bridgehead atoms. The Morgan fingerprint density at radius 3 is 2.85 bits per heavy atom. The van der Waals surface area contributed by atoms with Gasteiger partial charge in [-0.05, 0) is 29.9 Å². The van der Waals surface area contributed by atoms with Gasteiger partial charge in [-0.2, -0.15) is 0 Å². The zero-order chi connectivity index (χ0) is 18.1. The fourth-order valence-electron chi connectivity index (χ4n) is 4.82. The molecule has 7 heteroatoms. The molecule has 3 fully saturated rings. The third-order valence-corrected chi connectivity index (χ3v) is 6.31. The lowest BCUT2D eigenvalue weighted by Gasteiger charge is -2.29. The molecule has 136 valence electrons. The molecule has 2 saturated heterocycles. The Morgan fingerprint density at radius 1 is 1.27 bits per heavy atom. The average molecular weight is 354 g/mol. The summed E-state index contributed by atoms with van der Waals surface area (Å²) < 4.78 is 0. The molecule has 4 aliphatic rings. The first-order chi connectivity index (χ1) is 12.4.